The molecule has 0 saturated carbocycles. The number of amides is 1. The van der Waals surface area contributed by atoms with Crippen LogP contribution >= 0.6 is 0 Å². The Hall–Kier alpha value is -1.55. The number of carbonyl (C=O) groups excluding carboxylic acids is 1. The molecule has 0 aliphatic heterocycles. The Morgan fingerprint density at radius 3 is 2.70 bits per heavy atom. The lowest BCUT2D eigenvalue weighted by Crippen LogP contribution is -2.30. The van der Waals surface area contributed by atoms with Gasteiger partial charge in [0.1, 0.15) is 5.75 Å². The molecular weight excluding hydrogens is 254 g/mol. The van der Waals surface area contributed by atoms with Crippen molar-refractivity contribution in [3.05, 3.63) is 29.8 Å². The fourth-order valence-electron chi connectivity index (χ4n) is 1.80. The fraction of sp³-hybridized carbons (Fsp3) is 0.562. The van der Waals surface area contributed by atoms with Crippen molar-refractivity contribution >= 4 is 5.91 Å². The van der Waals surface area contributed by atoms with Crippen molar-refractivity contribution in [2.75, 3.05) is 13.2 Å². The van der Waals surface area contributed by atoms with Gasteiger partial charge >= 0.3 is 0 Å². The second kappa shape index (κ2) is 8.59. The molecule has 4 nitrogen and oxygen atoms in total. The molecule has 0 aromatic heterocycles. The molecule has 0 spiro atoms. The van der Waals surface area contributed by atoms with E-state index in [0.29, 0.717) is 24.6 Å². The molecule has 0 heterocycles. The number of hydrogen-bond acceptors (Lipinski definition) is 3. The Balaban J connectivity index is 2.47. The molecule has 1 aromatic carbocycles. The number of ether oxygens (including phenoxy) is 1. The first-order valence-corrected chi connectivity index (χ1v) is 7.21. The van der Waals surface area contributed by atoms with Gasteiger partial charge in [-0.2, -0.15) is 0 Å². The van der Waals surface area contributed by atoms with Crippen molar-refractivity contribution in [3.8, 4) is 5.75 Å². The van der Waals surface area contributed by atoms with Crippen molar-refractivity contribution in [1.29, 1.82) is 0 Å². The molecule has 0 unspecified atom stereocenters. The van der Waals surface area contributed by atoms with Crippen molar-refractivity contribution in [2.45, 2.75) is 39.7 Å². The first-order chi connectivity index (χ1) is 9.54. The SMILES string of the molecule is CC[C@@H](O)c1ccccc1OCC(=O)NCCC(C)C. The van der Waals surface area contributed by atoms with E-state index in [1.54, 1.807) is 6.07 Å². The average Bonchev–Trinajstić information content (AvgIpc) is 2.44. The third-order valence-corrected chi connectivity index (χ3v) is 3.07. The summed E-state index contributed by atoms with van der Waals surface area (Å²) in [4.78, 5) is 11.6. The van der Waals surface area contributed by atoms with Gasteiger partial charge in [0.05, 0.1) is 6.10 Å². The predicted octanol–water partition coefficient (Wildman–Crippen LogP) is 2.67. The number of para-hydroxylation sites is 1. The molecule has 0 aliphatic carbocycles. The number of benzene rings is 1. The van der Waals surface area contributed by atoms with Gasteiger partial charge < -0.3 is 15.2 Å². The maximum atomic E-state index is 11.6. The zero-order valence-electron chi connectivity index (χ0n) is 12.6. The van der Waals surface area contributed by atoms with Crippen LogP contribution in [0.2, 0.25) is 0 Å². The highest BCUT2D eigenvalue weighted by Crippen LogP contribution is 2.26. The lowest BCUT2D eigenvalue weighted by atomic mass is 10.1. The Bertz CT molecular complexity index is 418. The molecule has 0 aliphatic rings. The van der Waals surface area contributed by atoms with Gasteiger partial charge in [-0.15, -0.1) is 0 Å². The van der Waals surface area contributed by atoms with Gasteiger partial charge in [-0.25, -0.2) is 0 Å². The number of nitrogens with one attached hydrogen (secondary N) is 1. The van der Waals surface area contributed by atoms with Gasteiger partial charge in [0, 0.05) is 12.1 Å². The van der Waals surface area contributed by atoms with E-state index in [4.69, 9.17) is 4.74 Å². The van der Waals surface area contributed by atoms with E-state index in [2.05, 4.69) is 19.2 Å². The number of carbonyl (C=O) groups is 1. The molecular formula is C16H25NO3. The van der Waals surface area contributed by atoms with Crippen LogP contribution in [-0.4, -0.2) is 24.2 Å². The number of aliphatic hydroxyl groups is 1. The van der Waals surface area contributed by atoms with Crippen LogP contribution < -0.4 is 10.1 Å². The molecule has 4 heteroatoms. The first-order valence-electron chi connectivity index (χ1n) is 7.21. The van der Waals surface area contributed by atoms with Crippen LogP contribution in [0, 0.1) is 5.92 Å². The van der Waals surface area contributed by atoms with E-state index in [1.807, 2.05) is 25.1 Å². The highest BCUT2D eigenvalue weighted by atomic mass is 16.5. The van der Waals surface area contributed by atoms with E-state index in [-0.39, 0.29) is 12.5 Å². The first kappa shape index (κ1) is 16.5. The standard InChI is InChI=1S/C16H25NO3/c1-4-14(18)13-7-5-6-8-15(13)20-11-16(19)17-10-9-12(2)3/h5-8,12,14,18H,4,9-11H2,1-3H3,(H,17,19)/t14-/m1/s1. The van der Waals surface area contributed by atoms with Crippen molar-refractivity contribution in [2.24, 2.45) is 5.92 Å². The zero-order valence-corrected chi connectivity index (χ0v) is 12.6. The van der Waals surface area contributed by atoms with Gasteiger partial charge in [0.25, 0.3) is 5.91 Å². The summed E-state index contributed by atoms with van der Waals surface area (Å²) in [5.74, 6) is 1.00. The Labute approximate surface area is 121 Å². The highest BCUT2D eigenvalue weighted by Gasteiger charge is 2.12. The minimum absolute atomic E-state index is 0.0223. The summed E-state index contributed by atoms with van der Waals surface area (Å²) in [5.41, 5.74) is 0.727. The topological polar surface area (TPSA) is 58.6 Å². The molecule has 20 heavy (non-hydrogen) atoms. The summed E-state index contributed by atoms with van der Waals surface area (Å²) >= 11 is 0. The Kier molecular flexibility index (Phi) is 7.09. The number of rotatable bonds is 8. The Morgan fingerprint density at radius 2 is 2.05 bits per heavy atom. The van der Waals surface area contributed by atoms with Crippen LogP contribution in [0.1, 0.15) is 45.3 Å². The largest absolute Gasteiger partial charge is 0.483 e. The maximum Gasteiger partial charge on any atom is 0.257 e. The van der Waals surface area contributed by atoms with Gasteiger partial charge in [-0.1, -0.05) is 39.0 Å². The van der Waals surface area contributed by atoms with Crippen molar-refractivity contribution < 1.29 is 14.6 Å². The van der Waals surface area contributed by atoms with Crippen LogP contribution in [0.25, 0.3) is 0 Å². The van der Waals surface area contributed by atoms with Crippen LogP contribution in [0.5, 0.6) is 5.75 Å². The monoisotopic (exact) mass is 279 g/mol. The lowest BCUT2D eigenvalue weighted by Gasteiger charge is -2.15. The minimum atomic E-state index is -0.560. The molecule has 1 aromatic rings. The van der Waals surface area contributed by atoms with E-state index in [9.17, 15) is 9.90 Å². The summed E-state index contributed by atoms with van der Waals surface area (Å²) in [7, 11) is 0. The molecule has 2 N–H and O–H groups in total. The zero-order chi connectivity index (χ0) is 15.0. The molecule has 0 bridgehead atoms. The maximum absolute atomic E-state index is 11.6. The van der Waals surface area contributed by atoms with Gasteiger partial charge in [-0.05, 0) is 24.8 Å². The minimum Gasteiger partial charge on any atom is -0.483 e. The van der Waals surface area contributed by atoms with Crippen LogP contribution in [-0.2, 0) is 4.79 Å². The average molecular weight is 279 g/mol. The summed E-state index contributed by atoms with van der Waals surface area (Å²) in [6.07, 6.45) is 1.01. The molecule has 1 atom stereocenters. The molecule has 112 valence electrons. The van der Waals surface area contributed by atoms with Crippen LogP contribution in [0.4, 0.5) is 0 Å². The van der Waals surface area contributed by atoms with Gasteiger partial charge in [0.2, 0.25) is 0 Å². The molecule has 0 saturated heterocycles. The second-order valence-corrected chi connectivity index (χ2v) is 5.28. The van der Waals surface area contributed by atoms with Crippen LogP contribution in [0.15, 0.2) is 24.3 Å². The summed E-state index contributed by atoms with van der Waals surface area (Å²) < 4.78 is 5.51. The number of hydrogen-bond donors (Lipinski definition) is 2. The van der Waals surface area contributed by atoms with Gasteiger partial charge in [-0.3, -0.25) is 4.79 Å². The Morgan fingerprint density at radius 1 is 1.35 bits per heavy atom. The molecule has 0 fully saturated rings. The van der Waals surface area contributed by atoms with Crippen molar-refractivity contribution in [1.82, 2.24) is 5.32 Å². The third kappa shape index (κ3) is 5.61. The normalized spacial score (nSPS) is 12.2. The third-order valence-electron chi connectivity index (χ3n) is 3.07. The molecule has 1 amide bonds. The van der Waals surface area contributed by atoms with E-state index >= 15 is 0 Å². The van der Waals surface area contributed by atoms with E-state index in [1.165, 1.54) is 0 Å². The van der Waals surface area contributed by atoms with E-state index in [0.717, 1.165) is 12.0 Å². The smallest absolute Gasteiger partial charge is 0.257 e. The second-order valence-electron chi connectivity index (χ2n) is 5.28. The van der Waals surface area contributed by atoms with Crippen LogP contribution in [0.3, 0.4) is 0 Å². The highest BCUT2D eigenvalue weighted by molar-refractivity contribution is 5.77. The lowest BCUT2D eigenvalue weighted by molar-refractivity contribution is -0.123. The predicted molar refractivity (Wildman–Crippen MR) is 79.7 cm³/mol. The summed E-state index contributed by atoms with van der Waals surface area (Å²) in [6, 6.07) is 7.28. The van der Waals surface area contributed by atoms with E-state index < -0.39 is 6.10 Å². The fourth-order valence-corrected chi connectivity index (χ4v) is 1.80. The number of aliphatic hydroxyl groups excluding tert-OH is 1. The molecule has 0 radical (unpaired) electrons. The molecule has 1 rings (SSSR count). The van der Waals surface area contributed by atoms with Crippen molar-refractivity contribution in [3.63, 3.8) is 0 Å². The summed E-state index contributed by atoms with van der Waals surface area (Å²) in [5, 5.41) is 12.7. The quantitative estimate of drug-likeness (QED) is 0.769. The van der Waals surface area contributed by atoms with Gasteiger partial charge in [0.15, 0.2) is 6.61 Å². The summed E-state index contributed by atoms with van der Waals surface area (Å²) in [6.45, 7) is 6.78.